The summed E-state index contributed by atoms with van der Waals surface area (Å²) in [5.74, 6) is 0.428. The van der Waals surface area contributed by atoms with Crippen LogP contribution in [0.1, 0.15) is 34.5 Å². The number of nitrogens with two attached hydrogens (primary N) is 1. The number of amides is 1. The lowest BCUT2D eigenvalue weighted by atomic mass is 10.2. The summed E-state index contributed by atoms with van der Waals surface area (Å²) in [6.45, 7) is 2.75. The lowest BCUT2D eigenvalue weighted by molar-refractivity contribution is -0.0702. The fourth-order valence-electron chi connectivity index (χ4n) is 4.07. The summed E-state index contributed by atoms with van der Waals surface area (Å²) in [5, 5.41) is 22.1. The molecular formula is C31H34N4O7. The Morgan fingerprint density at radius 1 is 1.02 bits per heavy atom. The van der Waals surface area contributed by atoms with E-state index in [0.717, 1.165) is 5.56 Å². The molecule has 0 aliphatic heterocycles. The molecule has 3 aromatic carbocycles. The van der Waals surface area contributed by atoms with Crippen molar-refractivity contribution in [3.05, 3.63) is 106 Å². The molecule has 1 atom stereocenters. The third kappa shape index (κ3) is 8.56. The molecule has 220 valence electrons. The number of aromatic nitrogens is 2. The zero-order valence-corrected chi connectivity index (χ0v) is 23.5. The Morgan fingerprint density at radius 2 is 1.71 bits per heavy atom. The average Bonchev–Trinajstić information content (AvgIpc) is 2.96. The van der Waals surface area contributed by atoms with E-state index in [0.29, 0.717) is 48.9 Å². The van der Waals surface area contributed by atoms with Gasteiger partial charge in [0.2, 0.25) is 0 Å². The number of carbonyl (C=O) groups excluding carboxylic acids is 1. The first-order valence-electron chi connectivity index (χ1n) is 13.4. The summed E-state index contributed by atoms with van der Waals surface area (Å²) < 4.78 is 12.8. The largest absolute Gasteiger partial charge is 0.507 e. The standard InChI is InChI=1S/C31H34N4O7/c1-21-17-29(38)34(2)31(33-21)41-25-12-10-24(11-13-25)40-20-23(36)9-6-16-35(19-22-7-4-3-5-8-22)42-26-14-15-28(37)27(18-26)30(32)39/h3-5,7-8,10-15,17-18,23,36-37H,6,9,16,19-20H2,1-2H3,(H2,32,39). The molecule has 0 aliphatic rings. The highest BCUT2D eigenvalue weighted by atomic mass is 16.7. The number of nitrogens with zero attached hydrogens (tertiary/aromatic N) is 3. The minimum Gasteiger partial charge on any atom is -0.507 e. The number of hydrogen-bond donors (Lipinski definition) is 3. The van der Waals surface area contributed by atoms with Gasteiger partial charge in [-0.25, -0.2) is 4.98 Å². The maximum atomic E-state index is 11.9. The van der Waals surface area contributed by atoms with Crippen molar-refractivity contribution in [2.75, 3.05) is 13.2 Å². The van der Waals surface area contributed by atoms with Crippen LogP contribution in [0.3, 0.4) is 0 Å². The lowest BCUT2D eigenvalue weighted by Crippen LogP contribution is -2.29. The van der Waals surface area contributed by atoms with Gasteiger partial charge < -0.3 is 30.3 Å². The van der Waals surface area contributed by atoms with Crippen LogP contribution in [0.5, 0.6) is 29.0 Å². The van der Waals surface area contributed by atoms with E-state index in [9.17, 15) is 19.8 Å². The molecule has 11 nitrogen and oxygen atoms in total. The van der Waals surface area contributed by atoms with E-state index in [4.69, 9.17) is 20.0 Å². The molecule has 42 heavy (non-hydrogen) atoms. The highest BCUT2D eigenvalue weighted by Gasteiger charge is 2.15. The molecule has 1 aromatic heterocycles. The lowest BCUT2D eigenvalue weighted by Gasteiger charge is -2.23. The Bertz CT molecular complexity index is 1540. The highest BCUT2D eigenvalue weighted by Crippen LogP contribution is 2.25. The summed E-state index contributed by atoms with van der Waals surface area (Å²) in [7, 11) is 1.59. The number of carbonyl (C=O) groups is 1. The molecule has 1 heterocycles. The van der Waals surface area contributed by atoms with Gasteiger partial charge in [-0.2, -0.15) is 0 Å². The smallest absolute Gasteiger partial charge is 0.304 e. The molecule has 0 saturated carbocycles. The van der Waals surface area contributed by atoms with Gasteiger partial charge in [-0.1, -0.05) is 30.3 Å². The van der Waals surface area contributed by atoms with Crippen molar-refractivity contribution in [3.8, 4) is 29.0 Å². The SMILES string of the molecule is Cc1cc(=O)n(C)c(Oc2ccc(OCC(O)CCCN(Cc3ccccc3)Oc3ccc(O)c(C(N)=O)c3)cc2)n1. The number of aromatic hydroxyl groups is 1. The van der Waals surface area contributed by atoms with Crippen molar-refractivity contribution in [1.82, 2.24) is 14.6 Å². The molecular weight excluding hydrogens is 540 g/mol. The maximum absolute atomic E-state index is 11.9. The first-order chi connectivity index (χ1) is 20.2. The van der Waals surface area contributed by atoms with Gasteiger partial charge in [-0.3, -0.25) is 14.2 Å². The van der Waals surface area contributed by atoms with Gasteiger partial charge in [0.1, 0.15) is 29.6 Å². The molecule has 0 fully saturated rings. The Kier molecular flexibility index (Phi) is 10.1. The van der Waals surface area contributed by atoms with Gasteiger partial charge in [-0.05, 0) is 67.8 Å². The second-order valence-electron chi connectivity index (χ2n) is 9.74. The number of hydroxylamine groups is 2. The van der Waals surface area contributed by atoms with Crippen molar-refractivity contribution < 1.29 is 29.3 Å². The quantitative estimate of drug-likeness (QED) is 0.192. The van der Waals surface area contributed by atoms with Crippen molar-refractivity contribution >= 4 is 5.91 Å². The average molecular weight is 575 g/mol. The van der Waals surface area contributed by atoms with Gasteiger partial charge in [0.15, 0.2) is 0 Å². The summed E-state index contributed by atoms with van der Waals surface area (Å²) in [6, 6.07) is 22.5. The van der Waals surface area contributed by atoms with Crippen LogP contribution in [0.15, 0.2) is 83.7 Å². The second kappa shape index (κ2) is 14.2. The normalized spacial score (nSPS) is 11.7. The fourth-order valence-corrected chi connectivity index (χ4v) is 4.07. The molecule has 1 unspecified atom stereocenters. The third-order valence-corrected chi connectivity index (χ3v) is 6.31. The monoisotopic (exact) mass is 574 g/mol. The number of phenols is 1. The highest BCUT2D eigenvalue weighted by molar-refractivity contribution is 5.95. The number of aryl methyl sites for hydroxylation is 1. The predicted octanol–water partition coefficient (Wildman–Crippen LogP) is 3.70. The molecule has 0 radical (unpaired) electrons. The van der Waals surface area contributed by atoms with Crippen molar-refractivity contribution in [2.45, 2.75) is 32.4 Å². The summed E-state index contributed by atoms with van der Waals surface area (Å²) in [5.41, 5.74) is 6.69. The summed E-state index contributed by atoms with van der Waals surface area (Å²) >= 11 is 0. The molecule has 11 heteroatoms. The van der Waals surface area contributed by atoms with Crippen LogP contribution in [0.4, 0.5) is 0 Å². The first-order valence-corrected chi connectivity index (χ1v) is 13.4. The molecule has 0 bridgehead atoms. The summed E-state index contributed by atoms with van der Waals surface area (Å²) in [6.07, 6.45) is 0.318. The van der Waals surface area contributed by atoms with Crippen LogP contribution >= 0.6 is 0 Å². The maximum Gasteiger partial charge on any atom is 0.304 e. The van der Waals surface area contributed by atoms with Gasteiger partial charge in [-0.15, -0.1) is 5.06 Å². The Hall–Kier alpha value is -4.87. The minimum atomic E-state index is -0.756. The Balaban J connectivity index is 1.29. The molecule has 0 spiro atoms. The first kappa shape index (κ1) is 30.1. The van der Waals surface area contributed by atoms with Crippen LogP contribution in [0, 0.1) is 6.92 Å². The van der Waals surface area contributed by atoms with E-state index in [-0.39, 0.29) is 29.5 Å². The van der Waals surface area contributed by atoms with Crippen LogP contribution in [-0.2, 0) is 13.6 Å². The molecule has 0 aliphatic carbocycles. The number of rotatable bonds is 14. The fraction of sp³-hybridized carbons (Fsp3) is 0.258. The van der Waals surface area contributed by atoms with Gasteiger partial charge in [0, 0.05) is 25.4 Å². The van der Waals surface area contributed by atoms with Crippen LogP contribution in [0.2, 0.25) is 0 Å². The molecule has 4 N–H and O–H groups in total. The molecule has 1 amide bonds. The van der Waals surface area contributed by atoms with E-state index in [1.165, 1.54) is 22.8 Å². The zero-order chi connectivity index (χ0) is 30.1. The van der Waals surface area contributed by atoms with Crippen LogP contribution in [0.25, 0.3) is 0 Å². The van der Waals surface area contributed by atoms with Gasteiger partial charge in [0.05, 0.1) is 18.2 Å². The second-order valence-corrected chi connectivity index (χ2v) is 9.74. The topological polar surface area (TPSA) is 149 Å². The third-order valence-electron chi connectivity index (χ3n) is 6.31. The van der Waals surface area contributed by atoms with E-state index >= 15 is 0 Å². The van der Waals surface area contributed by atoms with Gasteiger partial charge in [0.25, 0.3) is 11.5 Å². The Labute approximate surface area is 243 Å². The number of primary amides is 1. The number of aliphatic hydroxyl groups is 1. The number of hydrogen-bond acceptors (Lipinski definition) is 9. The van der Waals surface area contributed by atoms with Crippen molar-refractivity contribution in [3.63, 3.8) is 0 Å². The van der Waals surface area contributed by atoms with Crippen molar-refractivity contribution in [2.24, 2.45) is 12.8 Å². The van der Waals surface area contributed by atoms with Crippen LogP contribution < -0.4 is 25.6 Å². The van der Waals surface area contributed by atoms with Crippen LogP contribution in [-0.4, -0.2) is 50.0 Å². The van der Waals surface area contributed by atoms with E-state index in [1.807, 2.05) is 30.3 Å². The van der Waals surface area contributed by atoms with E-state index in [1.54, 1.807) is 49.4 Å². The Morgan fingerprint density at radius 3 is 2.43 bits per heavy atom. The number of benzene rings is 3. The van der Waals surface area contributed by atoms with Crippen molar-refractivity contribution in [1.29, 1.82) is 0 Å². The molecule has 4 aromatic rings. The predicted molar refractivity (Wildman–Crippen MR) is 156 cm³/mol. The number of ether oxygens (including phenoxy) is 2. The molecule has 0 saturated heterocycles. The van der Waals surface area contributed by atoms with E-state index < -0.39 is 12.0 Å². The van der Waals surface area contributed by atoms with E-state index in [2.05, 4.69) is 4.98 Å². The number of aliphatic hydroxyl groups excluding tert-OH is 1. The minimum absolute atomic E-state index is 0.0308. The summed E-state index contributed by atoms with van der Waals surface area (Å²) in [4.78, 5) is 33.8. The zero-order valence-electron chi connectivity index (χ0n) is 23.5. The van der Waals surface area contributed by atoms with Gasteiger partial charge >= 0.3 is 6.01 Å². The molecule has 4 rings (SSSR count).